The zero-order valence-corrected chi connectivity index (χ0v) is 17.1. The number of nitriles is 1. The number of aromatic amines is 1. The van der Waals surface area contributed by atoms with Gasteiger partial charge in [0.2, 0.25) is 5.91 Å². The lowest BCUT2D eigenvalue weighted by atomic mass is 9.91. The summed E-state index contributed by atoms with van der Waals surface area (Å²) in [5.41, 5.74) is 1.64. The van der Waals surface area contributed by atoms with Crippen LogP contribution in [0.5, 0.6) is 0 Å². The van der Waals surface area contributed by atoms with Crippen LogP contribution in [0.25, 0.3) is 11.0 Å². The van der Waals surface area contributed by atoms with Gasteiger partial charge in [0.15, 0.2) is 5.78 Å². The van der Waals surface area contributed by atoms with Crippen LogP contribution in [0.2, 0.25) is 0 Å². The number of ketones is 1. The van der Waals surface area contributed by atoms with Crippen molar-refractivity contribution in [2.75, 3.05) is 24.5 Å². The SMILES string of the molecule is CC(C)=CC(=O)CN(c1ncnc2[nH]ccc12)C1CN(C(=O)CC#N)CC[C@H]1C. The first-order valence-corrected chi connectivity index (χ1v) is 9.78. The lowest BCUT2D eigenvalue weighted by molar-refractivity contribution is -0.131. The number of nitrogens with zero attached hydrogens (tertiary/aromatic N) is 5. The molecule has 1 fully saturated rings. The number of rotatable bonds is 6. The molecule has 1 aliphatic rings. The molecule has 0 bridgehead atoms. The van der Waals surface area contributed by atoms with Crippen molar-refractivity contribution in [3.05, 3.63) is 30.2 Å². The van der Waals surface area contributed by atoms with Gasteiger partial charge in [-0.3, -0.25) is 9.59 Å². The molecule has 0 aromatic carbocycles. The second-order valence-electron chi connectivity index (χ2n) is 7.76. The van der Waals surface area contributed by atoms with Crippen LogP contribution >= 0.6 is 0 Å². The highest BCUT2D eigenvalue weighted by atomic mass is 16.2. The number of likely N-dealkylation sites (tertiary alicyclic amines) is 1. The largest absolute Gasteiger partial charge is 0.346 e. The monoisotopic (exact) mass is 394 g/mol. The molecule has 1 amide bonds. The maximum atomic E-state index is 12.7. The Morgan fingerprint density at radius 1 is 1.41 bits per heavy atom. The maximum Gasteiger partial charge on any atom is 0.236 e. The molecule has 1 aliphatic heterocycles. The van der Waals surface area contributed by atoms with E-state index in [1.807, 2.05) is 30.9 Å². The molecule has 2 aromatic heterocycles. The molecule has 152 valence electrons. The topological polar surface area (TPSA) is 106 Å². The first kappa shape index (κ1) is 20.5. The molecule has 8 heteroatoms. The number of allylic oxidation sites excluding steroid dienone is 1. The second kappa shape index (κ2) is 8.86. The number of amides is 1. The number of aromatic nitrogens is 3. The second-order valence-corrected chi connectivity index (χ2v) is 7.76. The van der Waals surface area contributed by atoms with Crippen molar-refractivity contribution in [2.24, 2.45) is 5.92 Å². The van der Waals surface area contributed by atoms with Crippen molar-refractivity contribution in [3.8, 4) is 6.07 Å². The van der Waals surface area contributed by atoms with E-state index in [0.717, 1.165) is 17.4 Å². The van der Waals surface area contributed by atoms with Crippen LogP contribution in [-0.4, -0.2) is 57.2 Å². The molecule has 1 saturated heterocycles. The van der Waals surface area contributed by atoms with Crippen molar-refractivity contribution < 1.29 is 9.59 Å². The fourth-order valence-electron chi connectivity index (χ4n) is 3.83. The molecule has 0 saturated carbocycles. The van der Waals surface area contributed by atoms with Crippen LogP contribution < -0.4 is 4.90 Å². The number of hydrogen-bond acceptors (Lipinski definition) is 6. The first-order chi connectivity index (χ1) is 13.9. The third-order valence-electron chi connectivity index (χ3n) is 5.28. The number of hydrogen-bond donors (Lipinski definition) is 1. The minimum atomic E-state index is -0.172. The van der Waals surface area contributed by atoms with Gasteiger partial charge in [0, 0.05) is 19.3 Å². The van der Waals surface area contributed by atoms with Gasteiger partial charge in [-0.25, -0.2) is 9.97 Å². The van der Waals surface area contributed by atoms with Gasteiger partial charge < -0.3 is 14.8 Å². The summed E-state index contributed by atoms with van der Waals surface area (Å²) in [5.74, 6) is 0.747. The summed E-state index contributed by atoms with van der Waals surface area (Å²) in [5, 5.41) is 9.73. The van der Waals surface area contributed by atoms with E-state index in [-0.39, 0.29) is 36.6 Å². The fourth-order valence-corrected chi connectivity index (χ4v) is 3.83. The molecule has 2 atom stereocenters. The van der Waals surface area contributed by atoms with Crippen molar-refractivity contribution in [1.29, 1.82) is 5.26 Å². The highest BCUT2D eigenvalue weighted by Crippen LogP contribution is 2.30. The Morgan fingerprint density at radius 3 is 2.93 bits per heavy atom. The van der Waals surface area contributed by atoms with E-state index in [4.69, 9.17) is 5.26 Å². The number of fused-ring (bicyclic) bond motifs is 1. The normalized spacial score (nSPS) is 18.9. The predicted octanol–water partition coefficient (Wildman–Crippen LogP) is 2.45. The van der Waals surface area contributed by atoms with E-state index in [1.54, 1.807) is 17.2 Å². The van der Waals surface area contributed by atoms with Gasteiger partial charge in [-0.1, -0.05) is 12.5 Å². The average Bonchev–Trinajstić information content (AvgIpc) is 3.15. The Morgan fingerprint density at radius 2 is 2.21 bits per heavy atom. The molecule has 1 unspecified atom stereocenters. The van der Waals surface area contributed by atoms with E-state index in [2.05, 4.69) is 21.9 Å². The van der Waals surface area contributed by atoms with Crippen molar-refractivity contribution in [3.63, 3.8) is 0 Å². The molecular weight excluding hydrogens is 368 g/mol. The third-order valence-corrected chi connectivity index (χ3v) is 5.28. The highest BCUT2D eigenvalue weighted by molar-refractivity contribution is 5.96. The Balaban J connectivity index is 1.98. The van der Waals surface area contributed by atoms with Crippen LogP contribution in [0.4, 0.5) is 5.82 Å². The van der Waals surface area contributed by atoms with Crippen LogP contribution in [0.15, 0.2) is 30.2 Å². The van der Waals surface area contributed by atoms with Gasteiger partial charge >= 0.3 is 0 Å². The first-order valence-electron chi connectivity index (χ1n) is 9.78. The maximum absolute atomic E-state index is 12.7. The van der Waals surface area contributed by atoms with E-state index in [9.17, 15) is 9.59 Å². The van der Waals surface area contributed by atoms with E-state index in [0.29, 0.717) is 24.6 Å². The van der Waals surface area contributed by atoms with E-state index < -0.39 is 0 Å². The van der Waals surface area contributed by atoms with Crippen molar-refractivity contribution in [1.82, 2.24) is 19.9 Å². The number of H-pyrrole nitrogens is 1. The summed E-state index contributed by atoms with van der Waals surface area (Å²) < 4.78 is 0. The Bertz CT molecular complexity index is 969. The highest BCUT2D eigenvalue weighted by Gasteiger charge is 2.35. The van der Waals surface area contributed by atoms with Crippen LogP contribution in [0.3, 0.4) is 0 Å². The van der Waals surface area contributed by atoms with Crippen molar-refractivity contribution >= 4 is 28.5 Å². The zero-order chi connectivity index (χ0) is 21.0. The number of carbonyl (C=O) groups is 2. The summed E-state index contributed by atoms with van der Waals surface area (Å²) in [6.07, 6.45) is 5.59. The van der Waals surface area contributed by atoms with Gasteiger partial charge in [0.25, 0.3) is 0 Å². The molecule has 1 N–H and O–H groups in total. The molecule has 0 aliphatic carbocycles. The predicted molar refractivity (Wildman–Crippen MR) is 110 cm³/mol. The van der Waals surface area contributed by atoms with Crippen LogP contribution in [0.1, 0.15) is 33.6 Å². The Kier molecular flexibility index (Phi) is 6.27. The van der Waals surface area contributed by atoms with Crippen LogP contribution in [0, 0.1) is 17.2 Å². The quantitative estimate of drug-likeness (QED) is 0.755. The van der Waals surface area contributed by atoms with E-state index >= 15 is 0 Å². The minimum absolute atomic E-state index is 0.0139. The number of anilines is 1. The third kappa shape index (κ3) is 4.62. The lowest BCUT2D eigenvalue weighted by Gasteiger charge is -2.43. The molecule has 3 rings (SSSR count). The lowest BCUT2D eigenvalue weighted by Crippen LogP contribution is -2.55. The molecule has 8 nitrogen and oxygen atoms in total. The number of nitrogens with one attached hydrogen (secondary N) is 1. The smallest absolute Gasteiger partial charge is 0.236 e. The summed E-state index contributed by atoms with van der Waals surface area (Å²) in [6, 6.07) is 3.74. The van der Waals surface area contributed by atoms with Crippen molar-refractivity contribution in [2.45, 2.75) is 39.7 Å². The minimum Gasteiger partial charge on any atom is -0.346 e. The summed E-state index contributed by atoms with van der Waals surface area (Å²) in [7, 11) is 0. The number of piperidine rings is 1. The molecule has 2 aromatic rings. The summed E-state index contributed by atoms with van der Waals surface area (Å²) >= 11 is 0. The average molecular weight is 394 g/mol. The summed E-state index contributed by atoms with van der Waals surface area (Å²) in [6.45, 7) is 7.16. The molecular formula is C21H26N6O2. The van der Waals surface area contributed by atoms with Crippen LogP contribution in [-0.2, 0) is 9.59 Å². The van der Waals surface area contributed by atoms with Gasteiger partial charge in [-0.2, -0.15) is 5.26 Å². The van der Waals surface area contributed by atoms with Gasteiger partial charge in [-0.15, -0.1) is 0 Å². The van der Waals surface area contributed by atoms with Gasteiger partial charge in [0.05, 0.1) is 24.0 Å². The standard InChI is InChI=1S/C21H26N6O2/c1-14(2)10-16(28)11-27(21-17-5-8-23-20(17)24-13-25-21)18-12-26(9-6-15(18)3)19(29)4-7-22/h5,8,10,13,15,18H,4,6,9,11-12H2,1-3H3,(H,23,24,25)/t15-,18?/m1/s1. The van der Waals surface area contributed by atoms with Gasteiger partial charge in [0.1, 0.15) is 24.2 Å². The number of carbonyl (C=O) groups excluding carboxylic acids is 2. The van der Waals surface area contributed by atoms with Gasteiger partial charge in [-0.05, 0) is 38.3 Å². The fraction of sp³-hybridized carbons (Fsp3) is 0.476. The molecule has 3 heterocycles. The zero-order valence-electron chi connectivity index (χ0n) is 17.1. The molecule has 29 heavy (non-hydrogen) atoms. The Hall–Kier alpha value is -3.21. The molecule has 0 spiro atoms. The van der Waals surface area contributed by atoms with E-state index in [1.165, 1.54) is 6.33 Å². The Labute approximate surface area is 170 Å². The summed E-state index contributed by atoms with van der Waals surface area (Å²) in [4.78, 5) is 40.6. The molecule has 0 radical (unpaired) electrons.